The molecule has 3 heterocycles. The Bertz CT molecular complexity index is 814. The lowest BCUT2D eigenvalue weighted by atomic mass is 10.1. The molecule has 92 valence electrons. The van der Waals surface area contributed by atoms with Crippen LogP contribution in [0.15, 0.2) is 36.8 Å². The second kappa shape index (κ2) is 4.18. The molecule has 5 heteroatoms. The van der Waals surface area contributed by atoms with E-state index in [1.807, 2.05) is 13.0 Å². The van der Waals surface area contributed by atoms with Crippen molar-refractivity contribution in [3.05, 3.63) is 53.9 Å². The summed E-state index contributed by atoms with van der Waals surface area (Å²) in [6.07, 6.45) is 4.53. The summed E-state index contributed by atoms with van der Waals surface area (Å²) in [6.45, 7) is 1.85. The van der Waals surface area contributed by atoms with Crippen LogP contribution in [0.3, 0.4) is 0 Å². The van der Waals surface area contributed by atoms with Gasteiger partial charge in [-0.1, -0.05) is 0 Å². The van der Waals surface area contributed by atoms with E-state index in [1.54, 1.807) is 22.7 Å². The first-order chi connectivity index (χ1) is 9.19. The van der Waals surface area contributed by atoms with Crippen LogP contribution in [-0.4, -0.2) is 14.4 Å². The predicted molar refractivity (Wildman–Crippen MR) is 67.8 cm³/mol. The van der Waals surface area contributed by atoms with E-state index >= 15 is 0 Å². The fourth-order valence-electron chi connectivity index (χ4n) is 2.04. The maximum absolute atomic E-state index is 13.2. The summed E-state index contributed by atoms with van der Waals surface area (Å²) in [5.41, 5.74) is 3.40. The summed E-state index contributed by atoms with van der Waals surface area (Å²) < 4.78 is 14.9. The molecule has 0 amide bonds. The number of rotatable bonds is 1. The number of aryl methyl sites for hydroxylation is 1. The number of imidazole rings is 1. The molecule has 0 unspecified atom stereocenters. The number of aromatic nitrogens is 3. The molecule has 3 rings (SSSR count). The van der Waals surface area contributed by atoms with Crippen LogP contribution in [0.1, 0.15) is 11.3 Å². The highest BCUT2D eigenvalue weighted by Crippen LogP contribution is 2.24. The topological polar surface area (TPSA) is 54.0 Å². The van der Waals surface area contributed by atoms with Crippen LogP contribution in [0.5, 0.6) is 0 Å². The summed E-state index contributed by atoms with van der Waals surface area (Å²) in [4.78, 5) is 8.46. The van der Waals surface area contributed by atoms with Crippen molar-refractivity contribution >= 4 is 5.65 Å². The van der Waals surface area contributed by atoms with Crippen molar-refractivity contribution in [2.45, 2.75) is 6.92 Å². The Labute approximate surface area is 108 Å². The third-order valence-corrected chi connectivity index (χ3v) is 2.96. The molecule has 0 aliphatic carbocycles. The van der Waals surface area contributed by atoms with Crippen LogP contribution >= 0.6 is 0 Å². The fourth-order valence-corrected chi connectivity index (χ4v) is 2.04. The molecule has 0 atom stereocenters. The Morgan fingerprint density at radius 2 is 2.16 bits per heavy atom. The van der Waals surface area contributed by atoms with Crippen molar-refractivity contribution in [2.24, 2.45) is 0 Å². The van der Waals surface area contributed by atoms with Crippen LogP contribution in [0.4, 0.5) is 4.39 Å². The van der Waals surface area contributed by atoms with E-state index in [1.165, 1.54) is 18.5 Å². The summed E-state index contributed by atoms with van der Waals surface area (Å²) >= 11 is 0. The van der Waals surface area contributed by atoms with Gasteiger partial charge in [-0.25, -0.2) is 9.37 Å². The van der Waals surface area contributed by atoms with Crippen molar-refractivity contribution in [2.75, 3.05) is 0 Å². The average molecular weight is 252 g/mol. The second-order valence-corrected chi connectivity index (χ2v) is 4.20. The summed E-state index contributed by atoms with van der Waals surface area (Å²) in [5.74, 6) is -0.316. The van der Waals surface area contributed by atoms with Gasteiger partial charge in [0.2, 0.25) is 0 Å². The molecule has 4 nitrogen and oxygen atoms in total. The van der Waals surface area contributed by atoms with Gasteiger partial charge in [-0.3, -0.25) is 4.98 Å². The van der Waals surface area contributed by atoms with E-state index in [-0.39, 0.29) is 5.82 Å². The van der Waals surface area contributed by atoms with Crippen molar-refractivity contribution in [1.82, 2.24) is 14.4 Å². The van der Waals surface area contributed by atoms with E-state index in [2.05, 4.69) is 9.97 Å². The van der Waals surface area contributed by atoms with Crippen molar-refractivity contribution in [3.63, 3.8) is 0 Å². The molecule has 3 aromatic heterocycles. The zero-order valence-corrected chi connectivity index (χ0v) is 10.1. The quantitative estimate of drug-likeness (QED) is 0.669. The zero-order valence-electron chi connectivity index (χ0n) is 10.1. The number of pyridine rings is 2. The van der Waals surface area contributed by atoms with Crippen LogP contribution in [0.25, 0.3) is 16.9 Å². The smallest absolute Gasteiger partial charge is 0.139 e. The summed E-state index contributed by atoms with van der Waals surface area (Å²) in [7, 11) is 0. The summed E-state index contributed by atoms with van der Waals surface area (Å²) in [5, 5.41) is 8.89. The van der Waals surface area contributed by atoms with Gasteiger partial charge in [-0.2, -0.15) is 5.26 Å². The van der Waals surface area contributed by atoms with Gasteiger partial charge in [0, 0.05) is 29.8 Å². The normalized spacial score (nSPS) is 10.6. The fraction of sp³-hybridized carbons (Fsp3) is 0.0714. The molecular weight excluding hydrogens is 243 g/mol. The van der Waals surface area contributed by atoms with Crippen molar-refractivity contribution < 1.29 is 4.39 Å². The Morgan fingerprint density at radius 3 is 2.95 bits per heavy atom. The molecule has 0 bridgehead atoms. The number of hydrogen-bond acceptors (Lipinski definition) is 3. The molecule has 3 aromatic rings. The molecular formula is C14H9FN4. The third kappa shape index (κ3) is 1.83. The zero-order chi connectivity index (χ0) is 13.4. The number of nitriles is 1. The lowest BCUT2D eigenvalue weighted by Gasteiger charge is -1.99. The highest BCUT2D eigenvalue weighted by Gasteiger charge is 2.11. The van der Waals surface area contributed by atoms with Gasteiger partial charge in [-0.15, -0.1) is 0 Å². The number of hydrogen-bond donors (Lipinski definition) is 0. The van der Waals surface area contributed by atoms with E-state index < -0.39 is 0 Å². The maximum Gasteiger partial charge on any atom is 0.139 e. The summed E-state index contributed by atoms with van der Waals surface area (Å²) in [6, 6.07) is 6.75. The van der Waals surface area contributed by atoms with Crippen LogP contribution in [-0.2, 0) is 0 Å². The molecule has 0 saturated heterocycles. The van der Waals surface area contributed by atoms with E-state index in [0.717, 1.165) is 11.3 Å². The standard InChI is InChI=1S/C14H9FN4/c1-9-14(11-4-10(5-16)6-17-7-11)18-13-3-2-12(15)8-19(9)13/h2-4,6-8H,1H3. The van der Waals surface area contributed by atoms with Crippen LogP contribution < -0.4 is 0 Å². The maximum atomic E-state index is 13.2. The Morgan fingerprint density at radius 1 is 1.32 bits per heavy atom. The van der Waals surface area contributed by atoms with E-state index in [4.69, 9.17) is 5.26 Å². The minimum Gasteiger partial charge on any atom is -0.301 e. The molecule has 0 saturated carbocycles. The molecule has 0 aliphatic rings. The highest BCUT2D eigenvalue weighted by atomic mass is 19.1. The molecule has 19 heavy (non-hydrogen) atoms. The van der Waals surface area contributed by atoms with Gasteiger partial charge in [0.1, 0.15) is 17.5 Å². The van der Waals surface area contributed by atoms with E-state index in [9.17, 15) is 4.39 Å². The van der Waals surface area contributed by atoms with Crippen LogP contribution in [0, 0.1) is 24.1 Å². The Hall–Kier alpha value is -2.74. The first kappa shape index (κ1) is 11.4. The van der Waals surface area contributed by atoms with Gasteiger partial charge in [0.05, 0.1) is 11.3 Å². The molecule has 0 aliphatic heterocycles. The lowest BCUT2D eigenvalue weighted by molar-refractivity contribution is 0.618. The monoisotopic (exact) mass is 252 g/mol. The minimum atomic E-state index is -0.316. The largest absolute Gasteiger partial charge is 0.301 e. The highest BCUT2D eigenvalue weighted by molar-refractivity contribution is 5.66. The lowest BCUT2D eigenvalue weighted by Crippen LogP contribution is -1.89. The predicted octanol–water partition coefficient (Wildman–Crippen LogP) is 2.72. The van der Waals surface area contributed by atoms with Gasteiger partial charge in [0.15, 0.2) is 0 Å². The third-order valence-electron chi connectivity index (χ3n) is 2.96. The van der Waals surface area contributed by atoms with Gasteiger partial charge < -0.3 is 4.40 Å². The first-order valence-corrected chi connectivity index (χ1v) is 5.69. The van der Waals surface area contributed by atoms with Gasteiger partial charge >= 0.3 is 0 Å². The minimum absolute atomic E-state index is 0.316. The van der Waals surface area contributed by atoms with Crippen molar-refractivity contribution in [3.8, 4) is 17.3 Å². The number of fused-ring (bicyclic) bond motifs is 1. The molecule has 0 radical (unpaired) electrons. The number of nitrogens with zero attached hydrogens (tertiary/aromatic N) is 4. The average Bonchev–Trinajstić information content (AvgIpc) is 2.76. The molecule has 0 fully saturated rings. The Balaban J connectivity index is 2.25. The Kier molecular flexibility index (Phi) is 2.50. The molecule has 0 N–H and O–H groups in total. The molecule has 0 aromatic carbocycles. The first-order valence-electron chi connectivity index (χ1n) is 5.69. The van der Waals surface area contributed by atoms with Gasteiger partial charge in [-0.05, 0) is 25.1 Å². The van der Waals surface area contributed by atoms with E-state index in [0.29, 0.717) is 16.9 Å². The van der Waals surface area contributed by atoms with Gasteiger partial charge in [0.25, 0.3) is 0 Å². The van der Waals surface area contributed by atoms with Crippen LogP contribution in [0.2, 0.25) is 0 Å². The molecule has 0 spiro atoms. The number of halogens is 1. The SMILES string of the molecule is Cc1c(-c2cncc(C#N)c2)nc2ccc(F)cn12. The second-order valence-electron chi connectivity index (χ2n) is 4.20. The van der Waals surface area contributed by atoms with Crippen molar-refractivity contribution in [1.29, 1.82) is 5.26 Å².